The zero-order chi connectivity index (χ0) is 9.68. The zero-order valence-electron chi connectivity index (χ0n) is 8.00. The van der Waals surface area contributed by atoms with Crippen molar-refractivity contribution in [1.82, 2.24) is 5.32 Å². The Labute approximate surface area is 78.3 Å². The average Bonchev–Trinajstić information content (AvgIpc) is 2.04. The molecule has 0 saturated carbocycles. The number of aliphatic hydroxyl groups excluding tert-OH is 1. The Bertz CT molecular complexity index is 142. The van der Waals surface area contributed by atoms with Gasteiger partial charge in [-0.05, 0) is 32.2 Å². The minimum absolute atomic E-state index is 0.0255. The molecular weight excluding hydrogens is 173 g/mol. The topological polar surface area (TPSA) is 41.5 Å². The Balaban J connectivity index is 2.24. The Morgan fingerprint density at radius 2 is 2.38 bits per heavy atom. The van der Waals surface area contributed by atoms with Gasteiger partial charge >= 0.3 is 0 Å². The first-order chi connectivity index (χ1) is 6.22. The van der Waals surface area contributed by atoms with Crippen molar-refractivity contribution >= 4 is 0 Å². The van der Waals surface area contributed by atoms with E-state index in [-0.39, 0.29) is 12.2 Å². The normalized spacial score (nSPS) is 31.6. The van der Waals surface area contributed by atoms with Crippen molar-refractivity contribution in [3.8, 4) is 0 Å². The number of nitrogens with one attached hydrogen (secondary N) is 1. The van der Waals surface area contributed by atoms with E-state index in [9.17, 15) is 9.50 Å². The maximum Gasteiger partial charge on any atom is 0.188 e. The van der Waals surface area contributed by atoms with Crippen LogP contribution in [0.3, 0.4) is 0 Å². The molecule has 1 saturated heterocycles. The molecule has 3 unspecified atom stereocenters. The highest BCUT2D eigenvalue weighted by molar-refractivity contribution is 4.77. The molecule has 1 heterocycles. The molecule has 2 N–H and O–H groups in total. The van der Waals surface area contributed by atoms with Crippen molar-refractivity contribution in [2.45, 2.75) is 32.0 Å². The van der Waals surface area contributed by atoms with Gasteiger partial charge in [-0.15, -0.1) is 0 Å². The molecule has 0 aromatic carbocycles. The molecule has 78 valence electrons. The standard InChI is InChI=1S/C9H18FNO2/c1-7(12)2-8-3-9(13-6-10)5-11-4-8/h7-9,11-12H,2-6H2,1H3. The van der Waals surface area contributed by atoms with Crippen LogP contribution in [0.4, 0.5) is 4.39 Å². The number of rotatable bonds is 4. The summed E-state index contributed by atoms with van der Waals surface area (Å²) in [6, 6.07) is 0. The van der Waals surface area contributed by atoms with Gasteiger partial charge < -0.3 is 15.2 Å². The van der Waals surface area contributed by atoms with Gasteiger partial charge in [0.1, 0.15) is 0 Å². The van der Waals surface area contributed by atoms with Gasteiger partial charge in [0.05, 0.1) is 12.2 Å². The van der Waals surface area contributed by atoms with Crippen LogP contribution in [0.25, 0.3) is 0 Å². The van der Waals surface area contributed by atoms with Crippen LogP contribution in [0.2, 0.25) is 0 Å². The zero-order valence-corrected chi connectivity index (χ0v) is 8.00. The quantitative estimate of drug-likeness (QED) is 0.686. The molecule has 0 radical (unpaired) electrons. The molecule has 3 nitrogen and oxygen atoms in total. The molecule has 1 aliphatic heterocycles. The van der Waals surface area contributed by atoms with Crippen LogP contribution < -0.4 is 5.32 Å². The molecule has 1 aliphatic rings. The SMILES string of the molecule is CC(O)CC1CNCC(OCF)C1. The monoisotopic (exact) mass is 191 g/mol. The first-order valence-corrected chi connectivity index (χ1v) is 4.78. The summed E-state index contributed by atoms with van der Waals surface area (Å²) in [5.74, 6) is 0.408. The van der Waals surface area contributed by atoms with Crippen LogP contribution in [-0.4, -0.2) is 37.3 Å². The van der Waals surface area contributed by atoms with Crippen LogP contribution in [0.15, 0.2) is 0 Å². The van der Waals surface area contributed by atoms with Crippen LogP contribution in [-0.2, 0) is 4.74 Å². The fraction of sp³-hybridized carbons (Fsp3) is 1.00. The van der Waals surface area contributed by atoms with E-state index in [2.05, 4.69) is 5.32 Å². The Morgan fingerprint density at radius 1 is 1.62 bits per heavy atom. The number of halogens is 1. The summed E-state index contributed by atoms with van der Waals surface area (Å²) in [6.07, 6.45) is 1.31. The van der Waals surface area contributed by atoms with Gasteiger partial charge in [0, 0.05) is 6.54 Å². The van der Waals surface area contributed by atoms with Crippen LogP contribution in [0, 0.1) is 5.92 Å². The smallest absolute Gasteiger partial charge is 0.188 e. The summed E-state index contributed by atoms with van der Waals surface area (Å²) in [7, 11) is 0. The first-order valence-electron chi connectivity index (χ1n) is 4.78. The second-order valence-corrected chi connectivity index (χ2v) is 3.74. The Hall–Kier alpha value is -0.190. The molecule has 0 aromatic rings. The number of aliphatic hydroxyl groups is 1. The number of hydrogen-bond donors (Lipinski definition) is 2. The summed E-state index contributed by atoms with van der Waals surface area (Å²) in [4.78, 5) is 0. The summed E-state index contributed by atoms with van der Waals surface area (Å²) in [5.41, 5.74) is 0. The maximum atomic E-state index is 11.9. The van der Waals surface area contributed by atoms with E-state index in [4.69, 9.17) is 4.74 Å². The molecule has 0 amide bonds. The second-order valence-electron chi connectivity index (χ2n) is 3.74. The van der Waals surface area contributed by atoms with E-state index in [1.165, 1.54) is 0 Å². The fourth-order valence-corrected chi connectivity index (χ4v) is 1.86. The van der Waals surface area contributed by atoms with E-state index in [0.717, 1.165) is 25.9 Å². The molecular formula is C9H18FNO2. The predicted molar refractivity (Wildman–Crippen MR) is 48.1 cm³/mol. The molecule has 0 aliphatic carbocycles. The van der Waals surface area contributed by atoms with E-state index >= 15 is 0 Å². The third kappa shape index (κ3) is 4.02. The molecule has 3 atom stereocenters. The molecule has 1 fully saturated rings. The molecule has 0 aromatic heterocycles. The fourth-order valence-electron chi connectivity index (χ4n) is 1.86. The molecule has 0 spiro atoms. The van der Waals surface area contributed by atoms with Crippen molar-refractivity contribution < 1.29 is 14.2 Å². The molecule has 4 heteroatoms. The van der Waals surface area contributed by atoms with Crippen LogP contribution >= 0.6 is 0 Å². The minimum Gasteiger partial charge on any atom is -0.393 e. The predicted octanol–water partition coefficient (Wildman–Crippen LogP) is 0.679. The first kappa shape index (κ1) is 10.9. The highest BCUT2D eigenvalue weighted by atomic mass is 19.1. The van der Waals surface area contributed by atoms with Crippen molar-refractivity contribution in [2.24, 2.45) is 5.92 Å². The van der Waals surface area contributed by atoms with Gasteiger partial charge in [0.2, 0.25) is 0 Å². The van der Waals surface area contributed by atoms with Crippen molar-refractivity contribution in [3.63, 3.8) is 0 Å². The third-order valence-electron chi connectivity index (χ3n) is 2.37. The Morgan fingerprint density at radius 3 is 3.00 bits per heavy atom. The van der Waals surface area contributed by atoms with Gasteiger partial charge in [0.15, 0.2) is 6.86 Å². The number of alkyl halides is 1. The lowest BCUT2D eigenvalue weighted by atomic mass is 9.92. The molecule has 13 heavy (non-hydrogen) atoms. The van der Waals surface area contributed by atoms with Gasteiger partial charge in [-0.25, -0.2) is 4.39 Å². The maximum absolute atomic E-state index is 11.9. The van der Waals surface area contributed by atoms with E-state index in [1.807, 2.05) is 0 Å². The van der Waals surface area contributed by atoms with Gasteiger partial charge in [-0.3, -0.25) is 0 Å². The van der Waals surface area contributed by atoms with Crippen molar-refractivity contribution in [1.29, 1.82) is 0 Å². The van der Waals surface area contributed by atoms with Gasteiger partial charge in [-0.2, -0.15) is 0 Å². The average molecular weight is 191 g/mol. The molecule has 1 rings (SSSR count). The summed E-state index contributed by atoms with van der Waals surface area (Å²) in [5, 5.41) is 12.4. The van der Waals surface area contributed by atoms with Crippen molar-refractivity contribution in [2.75, 3.05) is 20.0 Å². The van der Waals surface area contributed by atoms with E-state index in [0.29, 0.717) is 5.92 Å². The lowest BCUT2D eigenvalue weighted by molar-refractivity contribution is -0.0289. The van der Waals surface area contributed by atoms with Crippen molar-refractivity contribution in [3.05, 3.63) is 0 Å². The van der Waals surface area contributed by atoms with E-state index < -0.39 is 6.86 Å². The minimum atomic E-state index is -0.715. The highest BCUT2D eigenvalue weighted by Gasteiger charge is 2.22. The summed E-state index contributed by atoms with van der Waals surface area (Å²) >= 11 is 0. The highest BCUT2D eigenvalue weighted by Crippen LogP contribution is 2.18. The summed E-state index contributed by atoms with van der Waals surface area (Å²) in [6.45, 7) is 2.69. The van der Waals surface area contributed by atoms with Gasteiger partial charge in [0.25, 0.3) is 0 Å². The number of ether oxygens (including phenoxy) is 1. The number of piperidine rings is 1. The molecule has 0 bridgehead atoms. The lowest BCUT2D eigenvalue weighted by Gasteiger charge is -2.29. The van der Waals surface area contributed by atoms with Gasteiger partial charge in [-0.1, -0.05) is 0 Å². The van der Waals surface area contributed by atoms with E-state index in [1.54, 1.807) is 6.92 Å². The number of hydrogen-bond acceptors (Lipinski definition) is 3. The van der Waals surface area contributed by atoms with Crippen LogP contribution in [0.1, 0.15) is 19.8 Å². The second kappa shape index (κ2) is 5.52. The largest absolute Gasteiger partial charge is 0.393 e. The lowest BCUT2D eigenvalue weighted by Crippen LogP contribution is -2.41. The summed E-state index contributed by atoms with van der Waals surface area (Å²) < 4.78 is 16.8. The third-order valence-corrected chi connectivity index (χ3v) is 2.37. The Kier molecular flexibility index (Phi) is 4.62. The van der Waals surface area contributed by atoms with Crippen LogP contribution in [0.5, 0.6) is 0 Å².